The highest BCUT2D eigenvalue weighted by atomic mass is 16.2. The van der Waals surface area contributed by atoms with Gasteiger partial charge < -0.3 is 16.0 Å². The summed E-state index contributed by atoms with van der Waals surface area (Å²) in [6.45, 7) is 2.34. The van der Waals surface area contributed by atoms with Crippen molar-refractivity contribution in [3.63, 3.8) is 0 Å². The lowest BCUT2D eigenvalue weighted by Crippen LogP contribution is -2.38. The van der Waals surface area contributed by atoms with Crippen molar-refractivity contribution >= 4 is 11.7 Å². The molecule has 0 bridgehead atoms. The number of fused-ring (bicyclic) bond motifs is 1. The number of hydrogen-bond acceptors (Lipinski definition) is 3. The quantitative estimate of drug-likeness (QED) is 0.774. The first kappa shape index (κ1) is 13.4. The molecule has 1 atom stereocenters. The van der Waals surface area contributed by atoms with Gasteiger partial charge in [-0.2, -0.15) is 0 Å². The summed E-state index contributed by atoms with van der Waals surface area (Å²) in [7, 11) is 0. The molecule has 20 heavy (non-hydrogen) atoms. The number of carbonyl (C=O) groups is 2. The molecule has 1 heterocycles. The third-order valence-corrected chi connectivity index (χ3v) is 4.39. The molecule has 0 aromatic carbocycles. The molecule has 5 nitrogen and oxygen atoms in total. The van der Waals surface area contributed by atoms with Crippen LogP contribution < -0.4 is 11.1 Å². The number of hydrogen-bond donors (Lipinski definition) is 3. The Morgan fingerprint density at radius 1 is 1.45 bits per heavy atom. The normalized spacial score (nSPS) is 19.6. The Bertz CT molecular complexity index is 558. The number of rotatable bonds is 4. The topological polar surface area (TPSA) is 88.0 Å². The van der Waals surface area contributed by atoms with Crippen molar-refractivity contribution in [3.8, 4) is 0 Å². The predicted molar refractivity (Wildman–Crippen MR) is 75.8 cm³/mol. The molecule has 3 rings (SSSR count). The van der Waals surface area contributed by atoms with Crippen LogP contribution in [0.5, 0.6) is 0 Å². The molecule has 1 fully saturated rings. The van der Waals surface area contributed by atoms with E-state index >= 15 is 0 Å². The van der Waals surface area contributed by atoms with Crippen LogP contribution in [0.2, 0.25) is 0 Å². The van der Waals surface area contributed by atoms with Gasteiger partial charge >= 0.3 is 0 Å². The van der Waals surface area contributed by atoms with Crippen LogP contribution in [0, 0.1) is 12.8 Å². The monoisotopic (exact) mass is 275 g/mol. The summed E-state index contributed by atoms with van der Waals surface area (Å²) in [5, 5.41) is 2.88. The summed E-state index contributed by atoms with van der Waals surface area (Å²) in [5.74, 6) is 0.560. The summed E-state index contributed by atoms with van der Waals surface area (Å²) in [6.07, 6.45) is 4.62. The lowest BCUT2D eigenvalue weighted by atomic mass is 9.94. The molecule has 0 spiro atoms. The standard InChI is InChI=1S/C15H21N3O2/c1-8-13-11(3-2-4-12(13)19)18-14(8)15(20)17-7-10(16)9-5-6-9/h9-10,18H,2-7,16H2,1H3,(H,17,20). The zero-order chi connectivity index (χ0) is 14.3. The average Bonchev–Trinajstić information content (AvgIpc) is 3.21. The van der Waals surface area contributed by atoms with Crippen molar-refractivity contribution in [1.29, 1.82) is 0 Å². The molecule has 0 radical (unpaired) electrons. The fourth-order valence-electron chi connectivity index (χ4n) is 2.99. The molecule has 108 valence electrons. The second-order valence-electron chi connectivity index (χ2n) is 5.97. The minimum Gasteiger partial charge on any atom is -0.354 e. The molecular weight excluding hydrogens is 254 g/mol. The summed E-state index contributed by atoms with van der Waals surface area (Å²) in [4.78, 5) is 27.3. The van der Waals surface area contributed by atoms with E-state index in [-0.39, 0.29) is 17.7 Å². The largest absolute Gasteiger partial charge is 0.354 e. The Labute approximate surface area is 118 Å². The number of ketones is 1. The number of Topliss-reactive ketones (excluding diaryl/α,β-unsaturated/α-hetero) is 1. The Kier molecular flexibility index (Phi) is 3.38. The first-order chi connectivity index (χ1) is 9.58. The van der Waals surface area contributed by atoms with Gasteiger partial charge in [-0.05, 0) is 44.1 Å². The first-order valence-corrected chi connectivity index (χ1v) is 7.36. The van der Waals surface area contributed by atoms with Crippen molar-refractivity contribution in [2.45, 2.75) is 45.1 Å². The lowest BCUT2D eigenvalue weighted by Gasteiger charge is -2.11. The van der Waals surface area contributed by atoms with E-state index in [1.807, 2.05) is 6.92 Å². The van der Waals surface area contributed by atoms with Gasteiger partial charge in [0.1, 0.15) is 5.69 Å². The predicted octanol–water partition coefficient (Wildman–Crippen LogP) is 1.31. The minimum atomic E-state index is -0.152. The molecule has 1 unspecified atom stereocenters. The smallest absolute Gasteiger partial charge is 0.268 e. The molecule has 0 saturated heterocycles. The second-order valence-corrected chi connectivity index (χ2v) is 5.97. The van der Waals surface area contributed by atoms with Crippen molar-refractivity contribution in [2.75, 3.05) is 6.54 Å². The van der Waals surface area contributed by atoms with E-state index in [0.717, 1.165) is 29.7 Å². The van der Waals surface area contributed by atoms with Gasteiger partial charge in [0.05, 0.1) is 0 Å². The Balaban J connectivity index is 1.73. The fraction of sp³-hybridized carbons (Fsp3) is 0.600. The van der Waals surface area contributed by atoms with E-state index in [2.05, 4.69) is 10.3 Å². The van der Waals surface area contributed by atoms with Crippen LogP contribution >= 0.6 is 0 Å². The van der Waals surface area contributed by atoms with Crippen molar-refractivity contribution in [1.82, 2.24) is 10.3 Å². The molecule has 1 aromatic heterocycles. The number of aryl methyl sites for hydroxylation is 1. The second kappa shape index (κ2) is 5.05. The molecule has 2 aliphatic rings. The van der Waals surface area contributed by atoms with E-state index in [9.17, 15) is 9.59 Å². The Morgan fingerprint density at radius 2 is 2.20 bits per heavy atom. The first-order valence-electron chi connectivity index (χ1n) is 7.36. The van der Waals surface area contributed by atoms with E-state index in [4.69, 9.17) is 5.73 Å². The highest BCUT2D eigenvalue weighted by Crippen LogP contribution is 2.31. The third kappa shape index (κ3) is 2.38. The van der Waals surface area contributed by atoms with E-state index in [0.29, 0.717) is 24.6 Å². The Hall–Kier alpha value is -1.62. The summed E-state index contributed by atoms with van der Waals surface area (Å²) < 4.78 is 0. The molecule has 1 saturated carbocycles. The number of H-pyrrole nitrogens is 1. The number of nitrogens with one attached hydrogen (secondary N) is 2. The molecule has 0 aliphatic heterocycles. The van der Waals surface area contributed by atoms with Crippen molar-refractivity contribution < 1.29 is 9.59 Å². The lowest BCUT2D eigenvalue weighted by molar-refractivity contribution is 0.0944. The van der Waals surface area contributed by atoms with Crippen LogP contribution in [-0.2, 0) is 6.42 Å². The number of aromatic nitrogens is 1. The zero-order valence-corrected chi connectivity index (χ0v) is 11.8. The highest BCUT2D eigenvalue weighted by molar-refractivity contribution is 6.04. The van der Waals surface area contributed by atoms with Gasteiger partial charge in [0.2, 0.25) is 0 Å². The number of aromatic amines is 1. The third-order valence-electron chi connectivity index (χ3n) is 4.39. The van der Waals surface area contributed by atoms with Crippen molar-refractivity contribution in [2.24, 2.45) is 11.7 Å². The van der Waals surface area contributed by atoms with Gasteiger partial charge in [-0.25, -0.2) is 0 Å². The minimum absolute atomic E-state index is 0.0467. The molecule has 2 aliphatic carbocycles. The van der Waals surface area contributed by atoms with Crippen LogP contribution in [0.3, 0.4) is 0 Å². The maximum Gasteiger partial charge on any atom is 0.268 e. The average molecular weight is 275 g/mol. The van der Waals surface area contributed by atoms with E-state index < -0.39 is 0 Å². The van der Waals surface area contributed by atoms with Crippen LogP contribution in [-0.4, -0.2) is 29.3 Å². The van der Waals surface area contributed by atoms with E-state index in [1.54, 1.807) is 0 Å². The van der Waals surface area contributed by atoms with Gasteiger partial charge in [-0.15, -0.1) is 0 Å². The summed E-state index contributed by atoms with van der Waals surface area (Å²) >= 11 is 0. The van der Waals surface area contributed by atoms with E-state index in [1.165, 1.54) is 12.8 Å². The van der Waals surface area contributed by atoms with Gasteiger partial charge in [-0.1, -0.05) is 0 Å². The fourth-order valence-corrected chi connectivity index (χ4v) is 2.99. The molecular formula is C15H21N3O2. The number of nitrogens with two attached hydrogens (primary N) is 1. The van der Waals surface area contributed by atoms with Crippen LogP contribution in [0.4, 0.5) is 0 Å². The van der Waals surface area contributed by atoms with Crippen LogP contribution in [0.25, 0.3) is 0 Å². The highest BCUT2D eigenvalue weighted by Gasteiger charge is 2.30. The molecule has 5 heteroatoms. The van der Waals surface area contributed by atoms with Crippen LogP contribution in [0.1, 0.15) is 57.8 Å². The number of carbonyl (C=O) groups excluding carboxylic acids is 2. The van der Waals surface area contributed by atoms with Crippen molar-refractivity contribution in [3.05, 3.63) is 22.5 Å². The van der Waals surface area contributed by atoms with Gasteiger partial charge in [0.25, 0.3) is 5.91 Å². The Morgan fingerprint density at radius 3 is 2.85 bits per heavy atom. The van der Waals surface area contributed by atoms with Gasteiger partial charge in [0.15, 0.2) is 5.78 Å². The molecule has 1 aromatic rings. The molecule has 4 N–H and O–H groups in total. The summed E-state index contributed by atoms with van der Waals surface area (Å²) in [5.41, 5.74) is 8.93. The zero-order valence-electron chi connectivity index (χ0n) is 11.8. The van der Waals surface area contributed by atoms with Gasteiger partial charge in [0, 0.05) is 30.3 Å². The van der Waals surface area contributed by atoms with Gasteiger partial charge in [-0.3, -0.25) is 9.59 Å². The number of amides is 1. The SMILES string of the molecule is Cc1c(C(=O)NCC(N)C2CC2)[nH]c2c1C(=O)CCC2. The maximum atomic E-state index is 12.2. The summed E-state index contributed by atoms with van der Waals surface area (Å²) in [6, 6.07) is 0.0467. The molecule has 1 amide bonds. The maximum absolute atomic E-state index is 12.2. The van der Waals surface area contributed by atoms with Crippen LogP contribution in [0.15, 0.2) is 0 Å².